The van der Waals surface area contributed by atoms with Crippen LogP contribution in [0.5, 0.6) is 0 Å². The molecule has 0 amide bonds. The van der Waals surface area contributed by atoms with Crippen LogP contribution in [0.3, 0.4) is 0 Å². The van der Waals surface area contributed by atoms with Crippen LogP contribution in [0.25, 0.3) is 16.7 Å². The van der Waals surface area contributed by atoms with Crippen LogP contribution in [0.4, 0.5) is 0 Å². The largest absolute Gasteiger partial charge is 0.0871 e. The molecule has 0 nitrogen and oxygen atoms in total. The van der Waals surface area contributed by atoms with Crippen LogP contribution >= 0.6 is 0 Å². The molecule has 0 radical (unpaired) electrons. The quantitative estimate of drug-likeness (QED) is 0.599. The molecular weight excluding hydrogens is 240 g/mol. The van der Waals surface area contributed by atoms with Crippen LogP contribution in [0, 0.1) is 13.8 Å². The predicted molar refractivity (Wildman–Crippen MR) is 89.8 cm³/mol. The Labute approximate surface area is 122 Å². The third-order valence-corrected chi connectivity index (χ3v) is 3.66. The van der Waals surface area contributed by atoms with E-state index in [1.165, 1.54) is 33.4 Å². The third-order valence-electron chi connectivity index (χ3n) is 3.66. The molecule has 0 fully saturated rings. The van der Waals surface area contributed by atoms with Crippen molar-refractivity contribution in [2.24, 2.45) is 0 Å². The topological polar surface area (TPSA) is 0 Å². The van der Waals surface area contributed by atoms with E-state index >= 15 is 0 Å². The molecule has 0 saturated heterocycles. The molecule has 0 aliphatic carbocycles. The molecule has 0 saturated carbocycles. The fourth-order valence-electron chi connectivity index (χ4n) is 2.51. The second-order valence-corrected chi connectivity index (χ2v) is 5.09. The molecule has 0 spiro atoms. The van der Waals surface area contributed by atoms with Gasteiger partial charge in [-0.05, 0) is 67.2 Å². The van der Waals surface area contributed by atoms with Crippen LogP contribution in [0.2, 0.25) is 0 Å². The molecule has 2 rings (SSSR count). The van der Waals surface area contributed by atoms with E-state index in [2.05, 4.69) is 88.4 Å². The molecule has 2 aromatic carbocycles. The highest BCUT2D eigenvalue weighted by Crippen LogP contribution is 2.29. The van der Waals surface area contributed by atoms with Gasteiger partial charge in [-0.3, -0.25) is 0 Å². The van der Waals surface area contributed by atoms with Gasteiger partial charge < -0.3 is 0 Å². The maximum Gasteiger partial charge on any atom is -0.0146 e. The second-order valence-electron chi connectivity index (χ2n) is 5.09. The van der Waals surface area contributed by atoms with E-state index in [1.807, 2.05) is 0 Å². The van der Waals surface area contributed by atoms with Crippen LogP contribution in [0.1, 0.15) is 30.5 Å². The molecule has 0 atom stereocenters. The smallest absolute Gasteiger partial charge is 0.0146 e. The summed E-state index contributed by atoms with van der Waals surface area (Å²) < 4.78 is 0. The first-order chi connectivity index (χ1) is 9.67. The van der Waals surface area contributed by atoms with Gasteiger partial charge in [-0.1, -0.05) is 54.6 Å². The molecule has 0 heterocycles. The molecule has 0 heteroatoms. The Balaban J connectivity index is 2.58. The summed E-state index contributed by atoms with van der Waals surface area (Å²) in [6.45, 7) is 8.49. The van der Waals surface area contributed by atoms with E-state index < -0.39 is 0 Å². The number of allylic oxidation sites excluding steroid dienone is 4. The number of hydrogen-bond acceptors (Lipinski definition) is 0. The summed E-state index contributed by atoms with van der Waals surface area (Å²) >= 11 is 0. The zero-order chi connectivity index (χ0) is 14.5. The molecular formula is C20H22. The van der Waals surface area contributed by atoms with E-state index in [1.54, 1.807) is 0 Å². The zero-order valence-electron chi connectivity index (χ0n) is 12.8. The van der Waals surface area contributed by atoms with Gasteiger partial charge in [0, 0.05) is 0 Å². The summed E-state index contributed by atoms with van der Waals surface area (Å²) in [7, 11) is 0. The predicted octanol–water partition coefficient (Wildman–Crippen LogP) is 5.95. The molecule has 2 aromatic rings. The minimum absolute atomic E-state index is 1.27. The molecule has 0 aliphatic rings. The summed E-state index contributed by atoms with van der Waals surface area (Å²) in [5.41, 5.74) is 7.82. The average Bonchev–Trinajstić information content (AvgIpc) is 2.46. The molecule has 0 N–H and O–H groups in total. The Hall–Kier alpha value is -2.08. The maximum absolute atomic E-state index is 2.30. The average molecular weight is 262 g/mol. The van der Waals surface area contributed by atoms with Crippen LogP contribution in [-0.4, -0.2) is 0 Å². The molecule has 20 heavy (non-hydrogen) atoms. The van der Waals surface area contributed by atoms with E-state index in [4.69, 9.17) is 0 Å². The number of aryl methyl sites for hydroxylation is 2. The molecule has 0 unspecified atom stereocenters. The first-order valence-corrected chi connectivity index (χ1v) is 7.13. The second kappa shape index (κ2) is 6.38. The SMILES string of the molecule is C/C=C\C(=C/C)c1ccc(C)c(-c2ccccc2C)c1. The standard InChI is InChI=1S/C20H22/c1-5-9-17(6-2)18-13-12-16(4)20(14-18)19-11-8-7-10-15(19)3/h5-14H,1-4H3/b9-5-,17-6+. The highest BCUT2D eigenvalue weighted by molar-refractivity contribution is 5.79. The Bertz CT molecular complexity index is 657. The number of rotatable bonds is 3. The van der Waals surface area contributed by atoms with Gasteiger partial charge >= 0.3 is 0 Å². The number of hydrogen-bond donors (Lipinski definition) is 0. The number of benzene rings is 2. The Kier molecular flexibility index (Phi) is 4.57. The summed E-state index contributed by atoms with van der Waals surface area (Å²) in [6, 6.07) is 15.3. The zero-order valence-corrected chi connectivity index (χ0v) is 12.8. The van der Waals surface area contributed by atoms with Gasteiger partial charge in [0.2, 0.25) is 0 Å². The fraction of sp³-hybridized carbons (Fsp3) is 0.200. The lowest BCUT2D eigenvalue weighted by atomic mass is 9.93. The van der Waals surface area contributed by atoms with Gasteiger partial charge in [0.15, 0.2) is 0 Å². The van der Waals surface area contributed by atoms with Crippen LogP contribution < -0.4 is 0 Å². The minimum Gasteiger partial charge on any atom is -0.0871 e. The monoisotopic (exact) mass is 262 g/mol. The van der Waals surface area contributed by atoms with Crippen molar-refractivity contribution in [3.05, 3.63) is 77.4 Å². The summed E-state index contributed by atoms with van der Waals surface area (Å²) in [5.74, 6) is 0. The van der Waals surface area contributed by atoms with E-state index in [0.29, 0.717) is 0 Å². The van der Waals surface area contributed by atoms with Gasteiger partial charge in [0.25, 0.3) is 0 Å². The summed E-state index contributed by atoms with van der Waals surface area (Å²) in [6.07, 6.45) is 6.40. The Morgan fingerprint density at radius 2 is 1.55 bits per heavy atom. The van der Waals surface area contributed by atoms with Crippen molar-refractivity contribution in [1.29, 1.82) is 0 Å². The lowest BCUT2D eigenvalue weighted by molar-refractivity contribution is 1.40. The first kappa shape index (κ1) is 14.3. The minimum atomic E-state index is 1.27. The van der Waals surface area contributed by atoms with Crippen molar-refractivity contribution in [1.82, 2.24) is 0 Å². The Morgan fingerprint density at radius 1 is 0.850 bits per heavy atom. The summed E-state index contributed by atoms with van der Waals surface area (Å²) in [4.78, 5) is 0. The van der Waals surface area contributed by atoms with Crippen molar-refractivity contribution in [2.45, 2.75) is 27.7 Å². The summed E-state index contributed by atoms with van der Waals surface area (Å²) in [5, 5.41) is 0. The van der Waals surface area contributed by atoms with E-state index in [9.17, 15) is 0 Å². The molecule has 0 bridgehead atoms. The normalized spacial score (nSPS) is 12.1. The first-order valence-electron chi connectivity index (χ1n) is 7.13. The molecule has 102 valence electrons. The van der Waals surface area contributed by atoms with Crippen molar-refractivity contribution in [3.63, 3.8) is 0 Å². The van der Waals surface area contributed by atoms with E-state index in [-0.39, 0.29) is 0 Å². The van der Waals surface area contributed by atoms with Gasteiger partial charge in [0.1, 0.15) is 0 Å². The molecule has 0 aliphatic heterocycles. The van der Waals surface area contributed by atoms with Crippen LogP contribution in [0.15, 0.2) is 60.7 Å². The van der Waals surface area contributed by atoms with Crippen molar-refractivity contribution < 1.29 is 0 Å². The lowest BCUT2D eigenvalue weighted by Crippen LogP contribution is -1.90. The van der Waals surface area contributed by atoms with Gasteiger partial charge in [-0.2, -0.15) is 0 Å². The van der Waals surface area contributed by atoms with Crippen molar-refractivity contribution in [2.75, 3.05) is 0 Å². The van der Waals surface area contributed by atoms with Gasteiger partial charge in [0.05, 0.1) is 0 Å². The van der Waals surface area contributed by atoms with Crippen LogP contribution in [-0.2, 0) is 0 Å². The van der Waals surface area contributed by atoms with Crippen molar-refractivity contribution in [3.8, 4) is 11.1 Å². The van der Waals surface area contributed by atoms with E-state index in [0.717, 1.165) is 0 Å². The highest BCUT2D eigenvalue weighted by atomic mass is 14.1. The highest BCUT2D eigenvalue weighted by Gasteiger charge is 2.07. The maximum atomic E-state index is 2.30. The Morgan fingerprint density at radius 3 is 2.20 bits per heavy atom. The molecule has 0 aromatic heterocycles. The van der Waals surface area contributed by atoms with Crippen molar-refractivity contribution >= 4 is 5.57 Å². The fourth-order valence-corrected chi connectivity index (χ4v) is 2.51. The lowest BCUT2D eigenvalue weighted by Gasteiger charge is -2.12. The van der Waals surface area contributed by atoms with Gasteiger partial charge in [-0.25, -0.2) is 0 Å². The third kappa shape index (κ3) is 2.91. The van der Waals surface area contributed by atoms with Gasteiger partial charge in [-0.15, -0.1) is 0 Å².